The number of aromatic nitrogens is 2. The van der Waals surface area contributed by atoms with Crippen LogP contribution in [0.5, 0.6) is 5.88 Å². The van der Waals surface area contributed by atoms with Crippen LogP contribution in [0.1, 0.15) is 25.3 Å². The Bertz CT molecular complexity index is 443. The molecule has 20 heavy (non-hydrogen) atoms. The van der Waals surface area contributed by atoms with Crippen LogP contribution in [0, 0.1) is 0 Å². The molecule has 0 aromatic carbocycles. The first kappa shape index (κ1) is 14.4. The Morgan fingerprint density at radius 2 is 2.20 bits per heavy atom. The topological polar surface area (TPSA) is 115 Å². The quantitative estimate of drug-likeness (QED) is 0.742. The van der Waals surface area contributed by atoms with Gasteiger partial charge in [0.25, 0.3) is 5.88 Å². The predicted octanol–water partition coefficient (Wildman–Crippen LogP) is 0.681. The van der Waals surface area contributed by atoms with Gasteiger partial charge in [0.05, 0.1) is 25.5 Å². The van der Waals surface area contributed by atoms with E-state index in [1.807, 2.05) is 4.68 Å². The van der Waals surface area contributed by atoms with E-state index in [4.69, 9.17) is 20.9 Å². The average Bonchev–Trinajstić information content (AvgIpc) is 2.81. The summed E-state index contributed by atoms with van der Waals surface area (Å²) in [5.41, 5.74) is 11.2. The van der Waals surface area contributed by atoms with Crippen molar-refractivity contribution in [3.8, 4) is 5.88 Å². The molecule has 2 heterocycles. The van der Waals surface area contributed by atoms with E-state index in [0.29, 0.717) is 30.6 Å². The Balaban J connectivity index is 1.79. The van der Waals surface area contributed by atoms with Gasteiger partial charge in [-0.25, -0.2) is 4.79 Å². The molecule has 0 aliphatic carbocycles. The van der Waals surface area contributed by atoms with Gasteiger partial charge in [-0.15, -0.1) is 5.10 Å². The highest BCUT2D eigenvalue weighted by molar-refractivity contribution is 5.64. The third-order valence-corrected chi connectivity index (χ3v) is 3.06. The normalized spacial score (nSPS) is 16.0. The Hall–Kier alpha value is -1.96. The number of nitrogens with two attached hydrogens (primary N) is 2. The zero-order valence-electron chi connectivity index (χ0n) is 11.3. The summed E-state index contributed by atoms with van der Waals surface area (Å²) in [5, 5.41) is 4.35. The molecular weight excluding hydrogens is 264 g/mol. The van der Waals surface area contributed by atoms with Crippen LogP contribution in [0.2, 0.25) is 0 Å². The first-order valence-corrected chi connectivity index (χ1v) is 6.64. The van der Waals surface area contributed by atoms with E-state index in [0.717, 1.165) is 26.1 Å². The molecule has 0 spiro atoms. The van der Waals surface area contributed by atoms with Gasteiger partial charge >= 0.3 is 6.09 Å². The van der Waals surface area contributed by atoms with E-state index in [9.17, 15) is 4.79 Å². The Morgan fingerprint density at radius 3 is 2.90 bits per heavy atom. The van der Waals surface area contributed by atoms with Crippen LogP contribution in [-0.2, 0) is 9.47 Å². The summed E-state index contributed by atoms with van der Waals surface area (Å²) in [6, 6.07) is 0.307. The molecular formula is C12H20N4O4. The van der Waals surface area contributed by atoms with Crippen LogP contribution in [0.15, 0.2) is 6.20 Å². The SMILES string of the molecule is NC(=O)OCCCOc1nn(C2CCOCC2)cc1N. The minimum Gasteiger partial charge on any atom is -0.475 e. The van der Waals surface area contributed by atoms with E-state index in [2.05, 4.69) is 9.84 Å². The van der Waals surface area contributed by atoms with E-state index in [1.54, 1.807) is 6.20 Å². The van der Waals surface area contributed by atoms with Crippen LogP contribution >= 0.6 is 0 Å². The van der Waals surface area contributed by atoms with Crippen LogP contribution in [0.4, 0.5) is 10.5 Å². The molecule has 112 valence electrons. The van der Waals surface area contributed by atoms with Gasteiger partial charge in [0.2, 0.25) is 0 Å². The number of carbonyl (C=O) groups is 1. The minimum absolute atomic E-state index is 0.218. The fraction of sp³-hybridized carbons (Fsp3) is 0.667. The molecule has 0 unspecified atom stereocenters. The van der Waals surface area contributed by atoms with Crippen molar-refractivity contribution in [1.29, 1.82) is 0 Å². The highest BCUT2D eigenvalue weighted by Crippen LogP contribution is 2.26. The molecule has 8 heteroatoms. The maximum atomic E-state index is 10.4. The van der Waals surface area contributed by atoms with Crippen molar-refractivity contribution in [2.75, 3.05) is 32.2 Å². The highest BCUT2D eigenvalue weighted by Gasteiger charge is 2.18. The van der Waals surface area contributed by atoms with Crippen LogP contribution in [0.3, 0.4) is 0 Å². The van der Waals surface area contributed by atoms with Crippen molar-refractivity contribution in [2.24, 2.45) is 5.73 Å². The van der Waals surface area contributed by atoms with Gasteiger partial charge in [-0.2, -0.15) is 0 Å². The van der Waals surface area contributed by atoms with Crippen LogP contribution in [0.25, 0.3) is 0 Å². The molecule has 0 saturated carbocycles. The zero-order valence-corrected chi connectivity index (χ0v) is 11.3. The number of primary amides is 1. The molecule has 1 amide bonds. The van der Waals surface area contributed by atoms with Crippen molar-refractivity contribution in [2.45, 2.75) is 25.3 Å². The number of rotatable bonds is 6. The number of amides is 1. The smallest absolute Gasteiger partial charge is 0.404 e. The van der Waals surface area contributed by atoms with Crippen molar-refractivity contribution in [3.05, 3.63) is 6.20 Å². The van der Waals surface area contributed by atoms with Gasteiger partial charge in [-0.1, -0.05) is 0 Å². The fourth-order valence-electron chi connectivity index (χ4n) is 2.04. The second-order valence-electron chi connectivity index (χ2n) is 4.58. The lowest BCUT2D eigenvalue weighted by atomic mass is 10.1. The summed E-state index contributed by atoms with van der Waals surface area (Å²) in [4.78, 5) is 10.4. The number of nitrogens with zero attached hydrogens (tertiary/aromatic N) is 2. The maximum Gasteiger partial charge on any atom is 0.404 e. The molecule has 1 aromatic rings. The maximum absolute atomic E-state index is 10.4. The molecule has 1 fully saturated rings. The molecule has 8 nitrogen and oxygen atoms in total. The lowest BCUT2D eigenvalue weighted by Crippen LogP contribution is -2.20. The lowest BCUT2D eigenvalue weighted by Gasteiger charge is -2.21. The summed E-state index contributed by atoms with van der Waals surface area (Å²) in [6.45, 7) is 2.06. The van der Waals surface area contributed by atoms with Crippen molar-refractivity contribution in [3.63, 3.8) is 0 Å². The van der Waals surface area contributed by atoms with E-state index >= 15 is 0 Å². The summed E-state index contributed by atoms with van der Waals surface area (Å²) in [6.07, 6.45) is 3.38. The van der Waals surface area contributed by atoms with E-state index in [-0.39, 0.29) is 6.61 Å². The van der Waals surface area contributed by atoms with Crippen LogP contribution < -0.4 is 16.2 Å². The molecule has 0 atom stereocenters. The van der Waals surface area contributed by atoms with Crippen LogP contribution in [-0.4, -0.2) is 42.3 Å². The van der Waals surface area contributed by atoms with Gasteiger partial charge in [0.1, 0.15) is 5.69 Å². The Morgan fingerprint density at radius 1 is 1.45 bits per heavy atom. The predicted molar refractivity (Wildman–Crippen MR) is 71.4 cm³/mol. The largest absolute Gasteiger partial charge is 0.475 e. The fourth-order valence-corrected chi connectivity index (χ4v) is 2.04. The molecule has 1 saturated heterocycles. The third-order valence-electron chi connectivity index (χ3n) is 3.06. The number of nitrogen functional groups attached to an aromatic ring is 1. The average molecular weight is 284 g/mol. The first-order valence-electron chi connectivity index (χ1n) is 6.64. The molecule has 2 rings (SSSR count). The second kappa shape index (κ2) is 6.99. The molecule has 1 aromatic heterocycles. The molecule has 1 aliphatic rings. The van der Waals surface area contributed by atoms with Gasteiger partial charge in [0, 0.05) is 19.6 Å². The van der Waals surface area contributed by atoms with Gasteiger partial charge in [0.15, 0.2) is 0 Å². The van der Waals surface area contributed by atoms with E-state index in [1.165, 1.54) is 0 Å². The first-order chi connectivity index (χ1) is 9.66. The summed E-state index contributed by atoms with van der Waals surface area (Å²) >= 11 is 0. The van der Waals surface area contributed by atoms with Gasteiger partial charge in [-0.3, -0.25) is 4.68 Å². The monoisotopic (exact) mass is 284 g/mol. The lowest BCUT2D eigenvalue weighted by molar-refractivity contribution is 0.0657. The molecule has 4 N–H and O–H groups in total. The number of ether oxygens (including phenoxy) is 3. The summed E-state index contributed by atoms with van der Waals surface area (Å²) < 4.78 is 17.2. The standard InChI is InChI=1S/C12H20N4O4/c13-10-8-16(9-2-6-18-7-3-9)15-11(10)19-4-1-5-20-12(14)17/h8-9H,1-7,13H2,(H2,14,17). The number of hydrogen-bond acceptors (Lipinski definition) is 6. The Kier molecular flexibility index (Phi) is 5.05. The van der Waals surface area contributed by atoms with Crippen molar-refractivity contribution in [1.82, 2.24) is 9.78 Å². The number of carbonyl (C=O) groups excluding carboxylic acids is 1. The summed E-state index contributed by atoms with van der Waals surface area (Å²) in [5.74, 6) is 0.413. The minimum atomic E-state index is -0.784. The molecule has 0 bridgehead atoms. The van der Waals surface area contributed by atoms with Crippen molar-refractivity contribution < 1.29 is 19.0 Å². The Labute approximate surface area is 116 Å². The van der Waals surface area contributed by atoms with Gasteiger partial charge < -0.3 is 25.7 Å². The highest BCUT2D eigenvalue weighted by atomic mass is 16.5. The van der Waals surface area contributed by atoms with Gasteiger partial charge in [-0.05, 0) is 12.8 Å². The third kappa shape index (κ3) is 4.02. The van der Waals surface area contributed by atoms with Crippen molar-refractivity contribution >= 4 is 11.8 Å². The molecule has 0 radical (unpaired) electrons. The second-order valence-corrected chi connectivity index (χ2v) is 4.58. The number of hydrogen-bond donors (Lipinski definition) is 2. The number of anilines is 1. The van der Waals surface area contributed by atoms with E-state index < -0.39 is 6.09 Å². The zero-order chi connectivity index (χ0) is 14.4. The summed E-state index contributed by atoms with van der Waals surface area (Å²) in [7, 11) is 0. The molecule has 1 aliphatic heterocycles.